The minimum Gasteiger partial charge on any atom is -0.506 e. The maximum atomic E-state index is 14.1. The fourth-order valence-electron chi connectivity index (χ4n) is 7.37. The number of carbonyl (C=O) groups is 4. The second-order valence-corrected chi connectivity index (χ2v) is 17.2. The van der Waals surface area contributed by atoms with E-state index in [1.54, 1.807) is 53.2 Å². The highest BCUT2D eigenvalue weighted by molar-refractivity contribution is 7.12. The maximum Gasteiger partial charge on any atom is 0.411 e. The molecule has 0 saturated heterocycles. The van der Waals surface area contributed by atoms with Crippen LogP contribution in [0.15, 0.2) is 76.2 Å². The number of aliphatic hydroxyl groups is 3. The van der Waals surface area contributed by atoms with Crippen LogP contribution >= 0.6 is 34.3 Å². The van der Waals surface area contributed by atoms with Crippen molar-refractivity contribution in [1.29, 1.82) is 0 Å². The van der Waals surface area contributed by atoms with Crippen molar-refractivity contribution in [3.8, 4) is 11.5 Å². The number of halogens is 1. The summed E-state index contributed by atoms with van der Waals surface area (Å²) in [6, 6.07) is 15.4. The van der Waals surface area contributed by atoms with E-state index < -0.39 is 54.0 Å². The normalized spacial score (nSPS) is 16.7. The molecule has 0 spiro atoms. The van der Waals surface area contributed by atoms with E-state index in [0.717, 1.165) is 22.7 Å². The van der Waals surface area contributed by atoms with Crippen molar-refractivity contribution in [3.63, 3.8) is 0 Å². The first-order valence-electron chi connectivity index (χ1n) is 20.0. The molecular weight excluding hydrogens is 896 g/mol. The van der Waals surface area contributed by atoms with E-state index in [4.69, 9.17) is 35.7 Å². The van der Waals surface area contributed by atoms with Crippen LogP contribution in [0.4, 0.5) is 10.5 Å². The van der Waals surface area contributed by atoms with E-state index >= 15 is 0 Å². The molecular formula is C43H47ClN4O14S2. The number of nitrogens with one attached hydrogen (secondary N) is 3. The lowest BCUT2D eigenvalue weighted by Crippen LogP contribution is -2.49. The molecule has 0 aliphatic heterocycles. The Balaban J connectivity index is 0.978. The molecule has 2 aromatic carbocycles. The number of aliphatic carboxylic acids is 1. The summed E-state index contributed by atoms with van der Waals surface area (Å²) < 4.78 is 22.6. The van der Waals surface area contributed by atoms with E-state index in [9.17, 15) is 44.4 Å². The number of carboxylic acid groups (broad SMARTS) is 1. The number of nitrogens with zero attached hydrogens (tertiary/aromatic N) is 1. The Morgan fingerprint density at radius 3 is 2.28 bits per heavy atom. The summed E-state index contributed by atoms with van der Waals surface area (Å²) in [5.41, 5.74) is -0.916. The Kier molecular flexibility index (Phi) is 16.0. The van der Waals surface area contributed by atoms with Gasteiger partial charge in [0.25, 0.3) is 5.60 Å². The predicted octanol–water partition coefficient (Wildman–Crippen LogP) is 4.47. The molecule has 3 atom stereocenters. The van der Waals surface area contributed by atoms with Gasteiger partial charge < -0.3 is 59.7 Å². The molecule has 21 heteroatoms. The summed E-state index contributed by atoms with van der Waals surface area (Å²) in [7, 11) is 3.35. The van der Waals surface area contributed by atoms with Gasteiger partial charge in [0.1, 0.15) is 24.2 Å². The number of anilines is 1. The third-order valence-electron chi connectivity index (χ3n) is 10.8. The van der Waals surface area contributed by atoms with Crippen molar-refractivity contribution >= 4 is 74.9 Å². The van der Waals surface area contributed by atoms with Crippen molar-refractivity contribution in [2.45, 2.75) is 68.3 Å². The highest BCUT2D eigenvalue weighted by Crippen LogP contribution is 2.42. The number of phenols is 1. The quantitative estimate of drug-likeness (QED) is 0.0419. The average molecular weight is 943 g/mol. The van der Waals surface area contributed by atoms with Crippen LogP contribution < -0.4 is 20.9 Å². The van der Waals surface area contributed by atoms with Crippen molar-refractivity contribution in [2.75, 3.05) is 39.2 Å². The van der Waals surface area contributed by atoms with Crippen LogP contribution in [0.1, 0.15) is 52.7 Å². The molecule has 64 heavy (non-hydrogen) atoms. The molecule has 0 radical (unpaired) electrons. The van der Waals surface area contributed by atoms with Crippen LogP contribution in [0, 0.1) is 0 Å². The smallest absolute Gasteiger partial charge is 0.411 e. The zero-order valence-electron chi connectivity index (χ0n) is 34.5. The zero-order chi connectivity index (χ0) is 46.1. The monoisotopic (exact) mass is 942 g/mol. The highest BCUT2D eigenvalue weighted by Gasteiger charge is 2.52. The predicted molar refractivity (Wildman–Crippen MR) is 236 cm³/mol. The number of benzene rings is 2. The number of carbonyl (C=O) groups excluding carboxylic acids is 3. The number of aliphatic hydroxyl groups excluding tert-OH is 3. The summed E-state index contributed by atoms with van der Waals surface area (Å²) in [6.07, 6.45) is -5.13. The Hall–Kier alpha value is -5.58. The van der Waals surface area contributed by atoms with Crippen molar-refractivity contribution in [3.05, 3.63) is 108 Å². The summed E-state index contributed by atoms with van der Waals surface area (Å²) in [5.74, 6) is -3.99. The molecule has 1 aliphatic rings. The standard InChI is InChI=1S/C43H47ClN4O14S2/c1-48(24-7-9-25(10-8-24)61-41(57)43(33-5-3-17-63-33,34-6-4-18-64-34)62-40(56)38(53)37(52)39(54)55)15-16-60-42(58)46-29-20-32(59-2)23(19-28(29)44)21-45-22-31(50)26-11-13-30(49)36-27(26)12-14-35(51)47-36/h3-6,11-14,17-20,24-25,31,37-38,45,49-50,52-53H,7-10,15-16,21-22H2,1-2H3,(H,46,58)(H,47,51)(H,54,55)/t24-,25-,31-,37+,38+/m0/s1. The van der Waals surface area contributed by atoms with E-state index in [-0.39, 0.29) is 63.0 Å². The molecule has 3 aromatic heterocycles. The van der Waals surface area contributed by atoms with E-state index in [2.05, 4.69) is 15.6 Å². The van der Waals surface area contributed by atoms with Crippen molar-refractivity contribution < 1.29 is 63.7 Å². The van der Waals surface area contributed by atoms with Gasteiger partial charge in [0.15, 0.2) is 12.2 Å². The number of phenolic OH excluding ortho intramolecular Hbond substituents is 1. The lowest BCUT2D eigenvalue weighted by Gasteiger charge is -2.36. The fraction of sp³-hybridized carbons (Fsp3) is 0.372. The molecule has 1 aliphatic carbocycles. The molecule has 8 N–H and O–H groups in total. The number of carboxylic acids is 1. The molecule has 18 nitrogen and oxygen atoms in total. The molecule has 1 amide bonds. The van der Waals surface area contributed by atoms with Gasteiger partial charge in [0.05, 0.1) is 39.2 Å². The number of rotatable bonds is 19. The van der Waals surface area contributed by atoms with Gasteiger partial charge in [-0.1, -0.05) is 29.8 Å². The first kappa shape index (κ1) is 47.9. The number of thiophene rings is 2. The van der Waals surface area contributed by atoms with Gasteiger partial charge in [0.2, 0.25) is 5.56 Å². The minimum absolute atomic E-state index is 0.0423. The van der Waals surface area contributed by atoms with Gasteiger partial charge in [-0.2, -0.15) is 0 Å². The van der Waals surface area contributed by atoms with E-state index in [0.29, 0.717) is 54.5 Å². The van der Waals surface area contributed by atoms with Gasteiger partial charge in [0, 0.05) is 48.8 Å². The average Bonchev–Trinajstić information content (AvgIpc) is 4.03. The SMILES string of the molecule is COc1cc(NC(=O)OCCN(C)[C@H]2CC[C@H](OC(=O)C(OC(=O)[C@H](O)[C@@H](O)C(=O)O)(c3cccs3)c3cccs3)CC2)c(Cl)cc1CNC[C@H](O)c1ccc(O)c2[nH]c(=O)ccc12. The number of pyridine rings is 1. The van der Waals surface area contributed by atoms with Gasteiger partial charge in [-0.3, -0.25) is 10.1 Å². The van der Waals surface area contributed by atoms with Crippen LogP contribution in [-0.4, -0.2) is 118 Å². The largest absolute Gasteiger partial charge is 0.506 e. The summed E-state index contributed by atoms with van der Waals surface area (Å²) in [4.78, 5) is 68.1. The summed E-state index contributed by atoms with van der Waals surface area (Å²) >= 11 is 8.73. The first-order chi connectivity index (χ1) is 30.6. The van der Waals surface area contributed by atoms with Crippen LogP contribution in [0.2, 0.25) is 5.02 Å². The summed E-state index contributed by atoms with van der Waals surface area (Å²) in [5, 5.41) is 60.2. The Bertz CT molecular complexity index is 2440. The second kappa shape index (κ2) is 21.4. The maximum absolute atomic E-state index is 14.1. The number of hydrogen-bond donors (Lipinski definition) is 8. The Morgan fingerprint density at radius 1 is 0.969 bits per heavy atom. The van der Waals surface area contributed by atoms with Gasteiger partial charge in [-0.15, -0.1) is 22.7 Å². The second-order valence-electron chi connectivity index (χ2n) is 14.9. The molecule has 5 aromatic rings. The highest BCUT2D eigenvalue weighted by atomic mass is 35.5. The number of aromatic nitrogens is 1. The van der Waals surface area contributed by atoms with Gasteiger partial charge in [-0.25, -0.2) is 19.2 Å². The van der Waals surface area contributed by atoms with Crippen LogP contribution in [0.3, 0.4) is 0 Å². The minimum atomic E-state index is -2.48. The van der Waals surface area contributed by atoms with Crippen molar-refractivity contribution in [2.24, 2.45) is 0 Å². The first-order valence-corrected chi connectivity index (χ1v) is 22.1. The number of H-pyrrole nitrogens is 1. The van der Waals surface area contributed by atoms with Gasteiger partial charge >= 0.3 is 24.0 Å². The Morgan fingerprint density at radius 2 is 1.66 bits per heavy atom. The molecule has 342 valence electrons. The zero-order valence-corrected chi connectivity index (χ0v) is 36.9. The number of likely N-dealkylation sites (N-methyl/N-ethyl adjacent to an activating group) is 1. The number of aromatic amines is 1. The molecule has 3 heterocycles. The number of ether oxygens (including phenoxy) is 4. The van der Waals surface area contributed by atoms with E-state index in [1.807, 2.05) is 11.9 Å². The summed E-state index contributed by atoms with van der Waals surface area (Å²) in [6.45, 7) is 0.773. The number of aromatic hydroxyl groups is 1. The lowest BCUT2D eigenvalue weighted by molar-refractivity contribution is -0.192. The third kappa shape index (κ3) is 11.0. The number of amides is 1. The van der Waals surface area contributed by atoms with Crippen molar-refractivity contribution in [1.82, 2.24) is 15.2 Å². The molecule has 6 rings (SSSR count). The topological polar surface area (TPSA) is 267 Å². The van der Waals surface area contributed by atoms with Gasteiger partial charge in [-0.05, 0) is 79.4 Å². The van der Waals surface area contributed by atoms with Crippen LogP contribution in [-0.2, 0) is 40.7 Å². The molecule has 0 bridgehead atoms. The third-order valence-corrected chi connectivity index (χ3v) is 13.1. The fourth-order valence-corrected chi connectivity index (χ4v) is 9.39. The van der Waals surface area contributed by atoms with E-state index in [1.165, 1.54) is 25.3 Å². The van der Waals surface area contributed by atoms with Crippen LogP contribution in [0.25, 0.3) is 10.9 Å². The number of fused-ring (bicyclic) bond motifs is 1. The Labute approximate surface area is 378 Å². The number of hydrogen-bond acceptors (Lipinski definition) is 17. The van der Waals surface area contributed by atoms with Crippen LogP contribution in [0.5, 0.6) is 11.5 Å². The number of methoxy groups -OCH3 is 1. The molecule has 1 fully saturated rings. The number of esters is 2. The molecule has 1 saturated carbocycles. The lowest BCUT2D eigenvalue weighted by atomic mass is 9.91. The molecule has 0 unspecified atom stereocenters.